The Kier molecular flexibility index (Phi) is 5.07. The number of hydrogen-bond acceptors (Lipinski definition) is 5. The second-order valence-electron chi connectivity index (χ2n) is 6.33. The Labute approximate surface area is 172 Å². The van der Waals surface area contributed by atoms with Gasteiger partial charge in [-0.3, -0.25) is 5.43 Å². The average Bonchev–Trinajstić information content (AvgIpc) is 3.22. The van der Waals surface area contributed by atoms with E-state index in [4.69, 9.17) is 16.3 Å². The van der Waals surface area contributed by atoms with Gasteiger partial charge in [0.25, 0.3) is 0 Å². The van der Waals surface area contributed by atoms with E-state index in [1.165, 1.54) is 0 Å². The summed E-state index contributed by atoms with van der Waals surface area (Å²) in [6.07, 6.45) is 1.81. The van der Waals surface area contributed by atoms with Crippen LogP contribution in [-0.2, 0) is 0 Å². The van der Waals surface area contributed by atoms with Crippen LogP contribution in [0.5, 0.6) is 5.75 Å². The van der Waals surface area contributed by atoms with E-state index in [9.17, 15) is 0 Å². The van der Waals surface area contributed by atoms with Crippen LogP contribution in [0.3, 0.4) is 0 Å². The van der Waals surface area contributed by atoms with Gasteiger partial charge >= 0.3 is 0 Å². The zero-order chi connectivity index (χ0) is 19.7. The highest BCUT2D eigenvalue weighted by Crippen LogP contribution is 2.30. The van der Waals surface area contributed by atoms with Crippen molar-refractivity contribution in [2.75, 3.05) is 12.5 Å². The molecule has 142 valence electrons. The summed E-state index contributed by atoms with van der Waals surface area (Å²) in [5.74, 6) is 0.766. The standard InChI is InChI=1S/C21H19ClN4OS/c1-13-10-15(12-23-25-21-24-17-6-4-5-7-20(17)28-21)14(2)26(13)18-11-16(22)8-9-19(18)27-3/h4-12H,1-3H3,(H,24,25)/b23-12-. The summed E-state index contributed by atoms with van der Waals surface area (Å²) in [6, 6.07) is 15.7. The molecule has 2 aromatic heterocycles. The molecular formula is C21H19ClN4OS. The molecule has 0 bridgehead atoms. The second kappa shape index (κ2) is 7.66. The largest absolute Gasteiger partial charge is 0.495 e. The Morgan fingerprint density at radius 3 is 2.79 bits per heavy atom. The molecule has 0 radical (unpaired) electrons. The fourth-order valence-corrected chi connectivity index (χ4v) is 4.19. The maximum Gasteiger partial charge on any atom is 0.204 e. The number of benzene rings is 2. The van der Waals surface area contributed by atoms with Crippen LogP contribution in [-0.4, -0.2) is 22.9 Å². The number of ether oxygens (including phenoxy) is 1. The van der Waals surface area contributed by atoms with Crippen LogP contribution in [0, 0.1) is 13.8 Å². The first-order valence-electron chi connectivity index (χ1n) is 8.74. The molecule has 1 N–H and O–H groups in total. The molecule has 7 heteroatoms. The molecule has 28 heavy (non-hydrogen) atoms. The normalized spacial score (nSPS) is 11.4. The quantitative estimate of drug-likeness (QED) is 0.333. The van der Waals surface area contributed by atoms with Gasteiger partial charge < -0.3 is 9.30 Å². The number of aromatic nitrogens is 2. The van der Waals surface area contributed by atoms with Crippen molar-refractivity contribution < 1.29 is 4.74 Å². The number of rotatable bonds is 5. The molecule has 0 unspecified atom stereocenters. The third-order valence-electron chi connectivity index (χ3n) is 4.51. The molecule has 0 atom stereocenters. The van der Waals surface area contributed by atoms with Crippen molar-refractivity contribution in [2.24, 2.45) is 5.10 Å². The SMILES string of the molecule is COc1ccc(Cl)cc1-n1c(C)cc(/C=N\Nc2nc3ccccc3s2)c1C. The number of nitrogens with one attached hydrogen (secondary N) is 1. The van der Waals surface area contributed by atoms with Gasteiger partial charge in [0.1, 0.15) is 5.75 Å². The Morgan fingerprint density at radius 2 is 2.00 bits per heavy atom. The number of halogens is 1. The highest BCUT2D eigenvalue weighted by atomic mass is 35.5. The lowest BCUT2D eigenvalue weighted by molar-refractivity contribution is 0.412. The van der Waals surface area contributed by atoms with Crippen molar-refractivity contribution in [3.8, 4) is 11.4 Å². The van der Waals surface area contributed by atoms with Crippen LogP contribution in [0.4, 0.5) is 5.13 Å². The van der Waals surface area contributed by atoms with Crippen molar-refractivity contribution in [3.63, 3.8) is 0 Å². The number of aryl methyl sites for hydroxylation is 1. The predicted octanol–water partition coefficient (Wildman–Crippen LogP) is 5.81. The van der Waals surface area contributed by atoms with Crippen LogP contribution < -0.4 is 10.2 Å². The lowest BCUT2D eigenvalue weighted by Crippen LogP contribution is -2.02. The Morgan fingerprint density at radius 1 is 1.18 bits per heavy atom. The number of thiazole rings is 1. The third-order valence-corrected chi connectivity index (χ3v) is 5.69. The molecule has 0 aliphatic rings. The van der Waals surface area contributed by atoms with E-state index < -0.39 is 0 Å². The van der Waals surface area contributed by atoms with Gasteiger partial charge in [0.2, 0.25) is 5.13 Å². The number of hydrazone groups is 1. The average molecular weight is 411 g/mol. The van der Waals surface area contributed by atoms with Crippen molar-refractivity contribution >= 4 is 44.5 Å². The lowest BCUT2D eigenvalue weighted by atomic mass is 10.2. The fourth-order valence-electron chi connectivity index (χ4n) is 3.20. The molecule has 5 nitrogen and oxygen atoms in total. The highest BCUT2D eigenvalue weighted by molar-refractivity contribution is 7.22. The van der Waals surface area contributed by atoms with Gasteiger partial charge in [-0.25, -0.2) is 4.98 Å². The Hall–Kier alpha value is -2.83. The van der Waals surface area contributed by atoms with Crippen LogP contribution in [0.25, 0.3) is 15.9 Å². The first-order valence-corrected chi connectivity index (χ1v) is 9.94. The summed E-state index contributed by atoms with van der Waals surface area (Å²) in [4.78, 5) is 4.53. The van der Waals surface area contributed by atoms with E-state index in [2.05, 4.69) is 26.1 Å². The molecule has 0 aliphatic carbocycles. The molecule has 0 saturated carbocycles. The van der Waals surface area contributed by atoms with E-state index in [1.807, 2.05) is 62.5 Å². The number of methoxy groups -OCH3 is 1. The zero-order valence-electron chi connectivity index (χ0n) is 15.7. The first-order chi connectivity index (χ1) is 13.6. The van der Waals surface area contributed by atoms with E-state index in [0.717, 1.165) is 43.7 Å². The predicted molar refractivity (Wildman–Crippen MR) is 118 cm³/mol. The van der Waals surface area contributed by atoms with Gasteiger partial charge in [-0.05, 0) is 50.2 Å². The summed E-state index contributed by atoms with van der Waals surface area (Å²) in [5, 5.41) is 5.81. The first kappa shape index (κ1) is 18.5. The van der Waals surface area contributed by atoms with Gasteiger partial charge in [0, 0.05) is 22.0 Å². The lowest BCUT2D eigenvalue weighted by Gasteiger charge is -2.14. The van der Waals surface area contributed by atoms with Crippen molar-refractivity contribution in [3.05, 3.63) is 70.5 Å². The maximum absolute atomic E-state index is 6.21. The highest BCUT2D eigenvalue weighted by Gasteiger charge is 2.14. The summed E-state index contributed by atoms with van der Waals surface area (Å²) in [7, 11) is 1.66. The van der Waals surface area contributed by atoms with Gasteiger partial charge in [-0.15, -0.1) is 0 Å². The van der Waals surface area contributed by atoms with Gasteiger partial charge in [-0.2, -0.15) is 5.10 Å². The number of nitrogens with zero attached hydrogens (tertiary/aromatic N) is 3. The molecular weight excluding hydrogens is 392 g/mol. The second-order valence-corrected chi connectivity index (χ2v) is 7.80. The number of anilines is 1. The van der Waals surface area contributed by atoms with Crippen LogP contribution in [0.2, 0.25) is 5.02 Å². The molecule has 0 amide bonds. The molecule has 0 fully saturated rings. The van der Waals surface area contributed by atoms with Crippen LogP contribution in [0.15, 0.2) is 53.6 Å². The van der Waals surface area contributed by atoms with Crippen LogP contribution >= 0.6 is 22.9 Å². The topological polar surface area (TPSA) is 51.4 Å². The molecule has 0 saturated heterocycles. The van der Waals surface area contributed by atoms with Gasteiger partial charge in [0.05, 0.1) is 29.2 Å². The van der Waals surface area contributed by atoms with E-state index in [0.29, 0.717) is 5.02 Å². The van der Waals surface area contributed by atoms with E-state index in [1.54, 1.807) is 18.4 Å². The Bertz CT molecular complexity index is 1150. The number of para-hydroxylation sites is 1. The molecule has 0 spiro atoms. The maximum atomic E-state index is 6.21. The third kappa shape index (κ3) is 3.48. The monoisotopic (exact) mass is 410 g/mol. The van der Waals surface area contributed by atoms with Crippen LogP contribution in [0.1, 0.15) is 17.0 Å². The van der Waals surface area contributed by atoms with E-state index in [-0.39, 0.29) is 0 Å². The minimum atomic E-state index is 0.663. The van der Waals surface area contributed by atoms with Crippen molar-refractivity contribution in [1.29, 1.82) is 0 Å². The fraction of sp³-hybridized carbons (Fsp3) is 0.143. The minimum absolute atomic E-state index is 0.663. The molecule has 2 aromatic carbocycles. The Balaban J connectivity index is 1.62. The van der Waals surface area contributed by atoms with Gasteiger partial charge in [-0.1, -0.05) is 35.1 Å². The smallest absolute Gasteiger partial charge is 0.204 e. The molecule has 2 heterocycles. The summed E-state index contributed by atoms with van der Waals surface area (Å²) < 4.78 is 8.76. The van der Waals surface area contributed by atoms with Crippen molar-refractivity contribution in [2.45, 2.75) is 13.8 Å². The summed E-state index contributed by atoms with van der Waals surface area (Å²) in [6.45, 7) is 4.10. The summed E-state index contributed by atoms with van der Waals surface area (Å²) in [5.41, 5.74) is 8.03. The number of hydrogen-bond donors (Lipinski definition) is 1. The van der Waals surface area contributed by atoms with Gasteiger partial charge in [0.15, 0.2) is 0 Å². The van der Waals surface area contributed by atoms with E-state index >= 15 is 0 Å². The molecule has 0 aliphatic heterocycles. The number of fused-ring (bicyclic) bond motifs is 1. The minimum Gasteiger partial charge on any atom is -0.495 e. The van der Waals surface area contributed by atoms with Crippen molar-refractivity contribution in [1.82, 2.24) is 9.55 Å². The molecule has 4 aromatic rings. The summed E-state index contributed by atoms with van der Waals surface area (Å²) >= 11 is 7.79. The molecule has 4 rings (SSSR count). The zero-order valence-corrected chi connectivity index (χ0v) is 17.3.